The molecule has 3 rings (SSSR count). The van der Waals surface area contributed by atoms with Gasteiger partial charge in [0.15, 0.2) is 6.54 Å². The van der Waals surface area contributed by atoms with Crippen LogP contribution >= 0.6 is 0 Å². The van der Waals surface area contributed by atoms with Crippen LogP contribution < -0.4 is 15.0 Å². The van der Waals surface area contributed by atoms with E-state index in [1.807, 2.05) is 98.0 Å². The van der Waals surface area contributed by atoms with Gasteiger partial charge in [0, 0.05) is 0 Å². The van der Waals surface area contributed by atoms with Gasteiger partial charge in [-0.2, -0.15) is 0 Å². The van der Waals surface area contributed by atoms with Gasteiger partial charge in [-0.3, -0.25) is 4.79 Å². The van der Waals surface area contributed by atoms with Crippen LogP contribution in [0.25, 0.3) is 0 Å². The van der Waals surface area contributed by atoms with E-state index in [9.17, 15) is 9.90 Å². The van der Waals surface area contributed by atoms with Gasteiger partial charge in [0.05, 0.1) is 13.1 Å². The smallest absolute Gasteiger partial charge is 0.275 e. The summed E-state index contributed by atoms with van der Waals surface area (Å²) in [4.78, 5) is 13.6. The molecule has 0 radical (unpaired) electrons. The normalized spacial score (nSPS) is 12.9. The number of aliphatic hydroxyl groups excluding tert-OH is 1. The van der Waals surface area contributed by atoms with E-state index >= 15 is 0 Å². The Morgan fingerprint density at radius 1 is 0.900 bits per heavy atom. The predicted molar refractivity (Wildman–Crippen MR) is 117 cm³/mol. The first-order chi connectivity index (χ1) is 14.6. The summed E-state index contributed by atoms with van der Waals surface area (Å²) < 4.78 is 5.59. The second-order valence-electron chi connectivity index (χ2n) is 7.44. The zero-order valence-electron chi connectivity index (χ0n) is 17.2. The van der Waals surface area contributed by atoms with Crippen LogP contribution in [0.15, 0.2) is 91.0 Å². The number of para-hydroxylation sites is 1. The van der Waals surface area contributed by atoms with Crippen LogP contribution in [0.4, 0.5) is 0 Å². The molecular weight excluding hydrogens is 376 g/mol. The fraction of sp³-hybridized carbons (Fsp3) is 0.240. The van der Waals surface area contributed by atoms with Gasteiger partial charge in [-0.05, 0) is 23.3 Å². The van der Waals surface area contributed by atoms with E-state index in [2.05, 4.69) is 5.32 Å². The van der Waals surface area contributed by atoms with Crippen molar-refractivity contribution < 1.29 is 19.5 Å². The first-order valence-electron chi connectivity index (χ1n) is 10.2. The monoisotopic (exact) mass is 405 g/mol. The molecule has 0 saturated heterocycles. The van der Waals surface area contributed by atoms with E-state index in [1.54, 1.807) is 0 Å². The molecule has 0 aliphatic rings. The Balaban J connectivity index is 1.53. The molecule has 1 amide bonds. The van der Waals surface area contributed by atoms with Crippen molar-refractivity contribution >= 4 is 5.91 Å². The fourth-order valence-corrected chi connectivity index (χ4v) is 3.38. The molecule has 0 bridgehead atoms. The predicted octanol–water partition coefficient (Wildman–Crippen LogP) is 1.85. The van der Waals surface area contributed by atoms with E-state index in [0.29, 0.717) is 6.54 Å². The highest BCUT2D eigenvalue weighted by Gasteiger charge is 2.20. The minimum Gasteiger partial charge on any atom is -0.491 e. The Morgan fingerprint density at radius 2 is 1.40 bits per heavy atom. The van der Waals surface area contributed by atoms with Crippen molar-refractivity contribution in [2.24, 2.45) is 0 Å². The Morgan fingerprint density at radius 3 is 1.93 bits per heavy atom. The summed E-state index contributed by atoms with van der Waals surface area (Å²) in [5.74, 6) is 0.655. The van der Waals surface area contributed by atoms with Gasteiger partial charge < -0.3 is 20.1 Å². The van der Waals surface area contributed by atoms with Crippen molar-refractivity contribution in [1.82, 2.24) is 5.32 Å². The van der Waals surface area contributed by atoms with Crippen LogP contribution in [0, 0.1) is 0 Å². The molecule has 3 aromatic carbocycles. The number of hydrogen-bond acceptors (Lipinski definition) is 3. The molecule has 5 nitrogen and oxygen atoms in total. The Bertz CT molecular complexity index is 849. The molecule has 1 unspecified atom stereocenters. The summed E-state index contributed by atoms with van der Waals surface area (Å²) in [6.45, 7) is 0.875. The second-order valence-corrected chi connectivity index (χ2v) is 7.44. The van der Waals surface area contributed by atoms with Crippen LogP contribution in [0.5, 0.6) is 5.75 Å². The Kier molecular flexibility index (Phi) is 8.01. The standard InChI is InChI=1S/C25H28N2O3/c1-27(17-22(28)19-30-23-15-9-4-10-16-23)18-24(29)26-25(20-11-5-2-6-12-20)21-13-7-3-8-14-21/h2-16,22,25,28H,17-19H2,1H3,(H,26,29)/p+1/t22-/m0/s1. The quantitative estimate of drug-likeness (QED) is 0.482. The third kappa shape index (κ3) is 6.72. The van der Waals surface area contributed by atoms with Crippen LogP contribution in [0.3, 0.4) is 0 Å². The molecule has 3 aromatic rings. The van der Waals surface area contributed by atoms with E-state index in [0.717, 1.165) is 21.8 Å². The molecule has 0 heterocycles. The third-order valence-electron chi connectivity index (χ3n) is 4.80. The number of aliphatic hydroxyl groups is 1. The molecule has 0 saturated carbocycles. The second kappa shape index (κ2) is 11.1. The zero-order chi connectivity index (χ0) is 21.2. The topological polar surface area (TPSA) is 63.0 Å². The maximum Gasteiger partial charge on any atom is 0.275 e. The van der Waals surface area contributed by atoms with Gasteiger partial charge in [0.2, 0.25) is 0 Å². The van der Waals surface area contributed by atoms with Gasteiger partial charge in [0.25, 0.3) is 5.91 Å². The van der Waals surface area contributed by atoms with E-state index in [4.69, 9.17) is 4.74 Å². The third-order valence-corrected chi connectivity index (χ3v) is 4.80. The van der Waals surface area contributed by atoms with Crippen molar-refractivity contribution in [3.05, 3.63) is 102 Å². The number of amides is 1. The summed E-state index contributed by atoms with van der Waals surface area (Å²) in [6, 6.07) is 29.0. The highest BCUT2D eigenvalue weighted by molar-refractivity contribution is 5.77. The molecule has 0 fully saturated rings. The number of benzene rings is 3. The fourth-order valence-electron chi connectivity index (χ4n) is 3.38. The summed E-state index contributed by atoms with van der Waals surface area (Å²) >= 11 is 0. The average Bonchev–Trinajstić information content (AvgIpc) is 2.78. The van der Waals surface area contributed by atoms with Crippen molar-refractivity contribution in [2.45, 2.75) is 12.1 Å². The first-order valence-corrected chi connectivity index (χ1v) is 10.2. The lowest BCUT2D eigenvalue weighted by molar-refractivity contribution is -0.874. The van der Waals surface area contributed by atoms with Gasteiger partial charge >= 0.3 is 0 Å². The minimum atomic E-state index is -0.656. The summed E-state index contributed by atoms with van der Waals surface area (Å²) in [5.41, 5.74) is 2.07. The maximum absolute atomic E-state index is 12.7. The number of carbonyl (C=O) groups excluding carboxylic acids is 1. The highest BCUT2D eigenvalue weighted by atomic mass is 16.5. The summed E-state index contributed by atoms with van der Waals surface area (Å²) in [5, 5.41) is 13.4. The molecule has 156 valence electrons. The van der Waals surface area contributed by atoms with Crippen molar-refractivity contribution in [2.75, 3.05) is 26.7 Å². The van der Waals surface area contributed by atoms with Gasteiger partial charge in [-0.25, -0.2) is 0 Å². The van der Waals surface area contributed by atoms with Crippen LogP contribution in [-0.2, 0) is 4.79 Å². The number of nitrogens with one attached hydrogen (secondary N) is 2. The minimum absolute atomic E-state index is 0.0682. The molecule has 0 aliphatic carbocycles. The molecule has 0 aliphatic heterocycles. The number of quaternary nitrogens is 1. The lowest BCUT2D eigenvalue weighted by Crippen LogP contribution is -3.11. The van der Waals surface area contributed by atoms with E-state index in [-0.39, 0.29) is 25.1 Å². The van der Waals surface area contributed by atoms with Crippen molar-refractivity contribution in [3.8, 4) is 5.75 Å². The summed E-state index contributed by atoms with van der Waals surface area (Å²) in [7, 11) is 1.89. The number of hydrogen-bond donors (Lipinski definition) is 3. The summed E-state index contributed by atoms with van der Waals surface area (Å²) in [6.07, 6.45) is -0.656. The number of ether oxygens (including phenoxy) is 1. The zero-order valence-corrected chi connectivity index (χ0v) is 17.2. The molecule has 2 atom stereocenters. The SMILES string of the molecule is C[NH+](CC(=O)NC(c1ccccc1)c1ccccc1)C[C@H](O)COc1ccccc1. The van der Waals surface area contributed by atoms with Gasteiger partial charge in [-0.15, -0.1) is 0 Å². The van der Waals surface area contributed by atoms with Gasteiger partial charge in [-0.1, -0.05) is 78.9 Å². The number of likely N-dealkylation sites (N-methyl/N-ethyl adjacent to an activating group) is 1. The van der Waals surface area contributed by atoms with Crippen LogP contribution in [-0.4, -0.2) is 43.9 Å². The van der Waals surface area contributed by atoms with Crippen LogP contribution in [0.2, 0.25) is 0 Å². The lowest BCUT2D eigenvalue weighted by Gasteiger charge is -2.22. The lowest BCUT2D eigenvalue weighted by atomic mass is 9.99. The number of carbonyl (C=O) groups is 1. The Hall–Kier alpha value is -3.15. The molecule has 3 N–H and O–H groups in total. The first kappa shape index (κ1) is 21.6. The highest BCUT2D eigenvalue weighted by Crippen LogP contribution is 2.21. The average molecular weight is 406 g/mol. The molecule has 5 heteroatoms. The van der Waals surface area contributed by atoms with E-state index in [1.165, 1.54) is 0 Å². The van der Waals surface area contributed by atoms with E-state index < -0.39 is 6.10 Å². The molecule has 0 aromatic heterocycles. The van der Waals surface area contributed by atoms with Crippen molar-refractivity contribution in [3.63, 3.8) is 0 Å². The molecule has 0 spiro atoms. The number of rotatable bonds is 10. The maximum atomic E-state index is 12.7. The Labute approximate surface area is 177 Å². The van der Waals surface area contributed by atoms with Gasteiger partial charge in [0.1, 0.15) is 25.0 Å². The largest absolute Gasteiger partial charge is 0.491 e. The molecular formula is C25H29N2O3+. The van der Waals surface area contributed by atoms with Crippen LogP contribution in [0.1, 0.15) is 17.2 Å². The van der Waals surface area contributed by atoms with Crippen molar-refractivity contribution in [1.29, 1.82) is 0 Å². The molecule has 30 heavy (non-hydrogen) atoms.